The molecule has 1 aromatic carbocycles. The van der Waals surface area contributed by atoms with Crippen molar-refractivity contribution in [1.82, 2.24) is 19.5 Å². The van der Waals surface area contributed by atoms with Crippen LogP contribution in [0.15, 0.2) is 40.6 Å². The molecule has 0 atom stereocenters. The molecule has 24 heavy (non-hydrogen) atoms. The van der Waals surface area contributed by atoms with Gasteiger partial charge < -0.3 is 5.32 Å². The highest BCUT2D eigenvalue weighted by molar-refractivity contribution is 7.99. The molecular formula is C14H19N5O3S2. The van der Waals surface area contributed by atoms with Crippen LogP contribution < -0.4 is 5.32 Å². The highest BCUT2D eigenvalue weighted by Crippen LogP contribution is 2.20. The third-order valence-corrected chi connectivity index (χ3v) is 6.12. The molecule has 10 heteroatoms. The molecule has 0 bridgehead atoms. The van der Waals surface area contributed by atoms with Crippen molar-refractivity contribution in [3.63, 3.8) is 0 Å². The van der Waals surface area contributed by atoms with Crippen LogP contribution in [0.2, 0.25) is 0 Å². The molecule has 0 aliphatic carbocycles. The van der Waals surface area contributed by atoms with E-state index in [1.807, 2.05) is 0 Å². The minimum atomic E-state index is -3.55. The maximum Gasteiger partial charge on any atom is 0.243 e. The number of thioether (sulfide) groups is 1. The summed E-state index contributed by atoms with van der Waals surface area (Å²) in [5.41, 5.74) is 0.436. The number of amides is 1. The highest BCUT2D eigenvalue weighted by atomic mass is 32.2. The Morgan fingerprint density at radius 2 is 2.08 bits per heavy atom. The first kappa shape index (κ1) is 18.4. The van der Waals surface area contributed by atoms with Crippen molar-refractivity contribution in [2.24, 2.45) is 0 Å². The predicted octanol–water partition coefficient (Wildman–Crippen LogP) is 1.57. The van der Waals surface area contributed by atoms with Crippen molar-refractivity contribution < 1.29 is 13.2 Å². The fourth-order valence-electron chi connectivity index (χ4n) is 2.04. The molecule has 0 spiro atoms. The van der Waals surface area contributed by atoms with Gasteiger partial charge >= 0.3 is 0 Å². The first-order valence-corrected chi connectivity index (χ1v) is 9.78. The lowest BCUT2D eigenvalue weighted by molar-refractivity contribution is -0.113. The molecule has 130 valence electrons. The van der Waals surface area contributed by atoms with Gasteiger partial charge in [0.15, 0.2) is 5.16 Å². The topological polar surface area (TPSA) is 108 Å². The average molecular weight is 369 g/mol. The molecular weight excluding hydrogens is 350 g/mol. The summed E-state index contributed by atoms with van der Waals surface area (Å²) in [6, 6.07) is 6.24. The molecule has 0 fully saturated rings. The number of nitrogens with zero attached hydrogens (tertiary/aromatic N) is 3. The fourth-order valence-corrected chi connectivity index (χ4v) is 4.13. The first-order valence-electron chi connectivity index (χ1n) is 7.35. The molecule has 0 saturated heterocycles. The Morgan fingerprint density at radius 1 is 1.33 bits per heavy atom. The number of hydrogen-bond acceptors (Lipinski definition) is 6. The van der Waals surface area contributed by atoms with Crippen LogP contribution in [-0.2, 0) is 14.8 Å². The lowest BCUT2D eigenvalue weighted by Crippen LogP contribution is -2.30. The molecule has 1 aromatic heterocycles. The zero-order chi connectivity index (χ0) is 17.6. The second-order valence-electron chi connectivity index (χ2n) is 4.74. The second-order valence-corrected chi connectivity index (χ2v) is 7.65. The molecule has 1 amide bonds. The molecule has 0 aliphatic heterocycles. The maximum atomic E-state index is 12.5. The zero-order valence-electron chi connectivity index (χ0n) is 13.4. The van der Waals surface area contributed by atoms with E-state index in [4.69, 9.17) is 0 Å². The molecule has 0 aliphatic rings. The lowest BCUT2D eigenvalue weighted by Gasteiger charge is -2.18. The van der Waals surface area contributed by atoms with E-state index in [1.54, 1.807) is 26.0 Å². The summed E-state index contributed by atoms with van der Waals surface area (Å²) in [6.07, 6.45) is 1.36. The Kier molecular flexibility index (Phi) is 6.35. The first-order chi connectivity index (χ1) is 11.5. The summed E-state index contributed by atoms with van der Waals surface area (Å²) in [7, 11) is -3.55. The average Bonchev–Trinajstić information content (AvgIpc) is 3.07. The molecule has 0 saturated carbocycles. The number of aromatic amines is 1. The van der Waals surface area contributed by atoms with Crippen molar-refractivity contribution in [3.05, 3.63) is 30.6 Å². The van der Waals surface area contributed by atoms with Gasteiger partial charge in [0.1, 0.15) is 6.33 Å². The number of rotatable bonds is 8. The molecule has 0 radical (unpaired) electrons. The summed E-state index contributed by atoms with van der Waals surface area (Å²) in [5.74, 6) is -0.115. The van der Waals surface area contributed by atoms with Crippen LogP contribution in [0.4, 0.5) is 5.69 Å². The van der Waals surface area contributed by atoms with E-state index >= 15 is 0 Å². The largest absolute Gasteiger partial charge is 0.325 e. The van der Waals surface area contributed by atoms with Gasteiger partial charge in [-0.25, -0.2) is 13.4 Å². The number of anilines is 1. The molecule has 0 unspecified atom stereocenters. The van der Waals surface area contributed by atoms with E-state index in [0.717, 1.165) is 0 Å². The number of aromatic nitrogens is 3. The van der Waals surface area contributed by atoms with Crippen LogP contribution in [0.5, 0.6) is 0 Å². The Balaban J connectivity index is 2.06. The van der Waals surface area contributed by atoms with Crippen molar-refractivity contribution >= 4 is 33.4 Å². The number of sulfonamides is 1. The fraction of sp³-hybridized carbons (Fsp3) is 0.357. The van der Waals surface area contributed by atoms with E-state index < -0.39 is 10.0 Å². The molecule has 2 rings (SSSR count). The smallest absolute Gasteiger partial charge is 0.243 e. The van der Waals surface area contributed by atoms with Crippen molar-refractivity contribution in [1.29, 1.82) is 0 Å². The van der Waals surface area contributed by atoms with Crippen LogP contribution in [-0.4, -0.2) is 52.7 Å². The van der Waals surface area contributed by atoms with E-state index in [2.05, 4.69) is 20.5 Å². The van der Waals surface area contributed by atoms with E-state index in [-0.39, 0.29) is 16.6 Å². The summed E-state index contributed by atoms with van der Waals surface area (Å²) in [6.45, 7) is 4.35. The van der Waals surface area contributed by atoms with Gasteiger partial charge in [0.2, 0.25) is 15.9 Å². The van der Waals surface area contributed by atoms with E-state index in [1.165, 1.54) is 34.5 Å². The minimum Gasteiger partial charge on any atom is -0.325 e. The van der Waals surface area contributed by atoms with Crippen LogP contribution in [0, 0.1) is 0 Å². The zero-order valence-corrected chi connectivity index (χ0v) is 15.0. The Hall–Kier alpha value is -1.91. The van der Waals surface area contributed by atoms with Gasteiger partial charge in [0.05, 0.1) is 10.6 Å². The van der Waals surface area contributed by atoms with E-state index in [9.17, 15) is 13.2 Å². The summed E-state index contributed by atoms with van der Waals surface area (Å²) in [4.78, 5) is 16.0. The number of benzene rings is 1. The van der Waals surface area contributed by atoms with Crippen LogP contribution in [0.1, 0.15) is 13.8 Å². The van der Waals surface area contributed by atoms with Gasteiger partial charge in [0, 0.05) is 18.8 Å². The number of carbonyl (C=O) groups is 1. The number of nitrogens with one attached hydrogen (secondary N) is 2. The second kappa shape index (κ2) is 8.27. The van der Waals surface area contributed by atoms with Crippen molar-refractivity contribution in [3.8, 4) is 0 Å². The van der Waals surface area contributed by atoms with Crippen molar-refractivity contribution in [2.75, 3.05) is 24.2 Å². The summed E-state index contributed by atoms with van der Waals surface area (Å²) >= 11 is 1.21. The standard InChI is InChI=1S/C14H19N5O3S2/c1-3-19(4-2)24(21,22)12-7-5-6-11(8-12)17-13(20)9-23-14-15-10-16-18-14/h5-8,10H,3-4,9H2,1-2H3,(H,17,20)(H,15,16,18). The van der Waals surface area contributed by atoms with Gasteiger partial charge in [-0.1, -0.05) is 31.7 Å². The van der Waals surface area contributed by atoms with Crippen LogP contribution in [0.25, 0.3) is 0 Å². The SMILES string of the molecule is CCN(CC)S(=O)(=O)c1cccc(NC(=O)CSc2ncn[nH]2)c1. The normalized spacial score (nSPS) is 11.6. The third-order valence-electron chi connectivity index (χ3n) is 3.19. The van der Waals surface area contributed by atoms with Gasteiger partial charge in [-0.05, 0) is 18.2 Å². The minimum absolute atomic E-state index is 0.141. The summed E-state index contributed by atoms with van der Waals surface area (Å²) < 4.78 is 26.4. The van der Waals surface area contributed by atoms with E-state index in [0.29, 0.717) is 23.9 Å². The lowest BCUT2D eigenvalue weighted by atomic mass is 10.3. The van der Waals surface area contributed by atoms with Crippen molar-refractivity contribution in [2.45, 2.75) is 23.9 Å². The highest BCUT2D eigenvalue weighted by Gasteiger charge is 2.21. The quantitative estimate of drug-likeness (QED) is 0.684. The maximum absolute atomic E-state index is 12.5. The third kappa shape index (κ3) is 4.56. The Bertz CT molecular complexity index is 773. The Morgan fingerprint density at radius 3 is 2.71 bits per heavy atom. The monoisotopic (exact) mass is 369 g/mol. The Labute approximate surface area is 145 Å². The van der Waals surface area contributed by atoms with Gasteiger partial charge in [-0.2, -0.15) is 9.40 Å². The van der Waals surface area contributed by atoms with Gasteiger partial charge in [-0.15, -0.1) is 0 Å². The van der Waals surface area contributed by atoms with Crippen LogP contribution >= 0.6 is 11.8 Å². The molecule has 1 heterocycles. The predicted molar refractivity (Wildman–Crippen MR) is 92.3 cm³/mol. The molecule has 8 nitrogen and oxygen atoms in total. The van der Waals surface area contributed by atoms with Gasteiger partial charge in [0.25, 0.3) is 0 Å². The van der Waals surface area contributed by atoms with Crippen LogP contribution in [0.3, 0.4) is 0 Å². The summed E-state index contributed by atoms with van der Waals surface area (Å²) in [5, 5.41) is 9.57. The molecule has 2 N–H and O–H groups in total. The number of carbonyl (C=O) groups excluding carboxylic acids is 1. The molecule has 2 aromatic rings. The van der Waals surface area contributed by atoms with Gasteiger partial charge in [-0.3, -0.25) is 9.89 Å². The number of H-pyrrole nitrogens is 1. The number of hydrogen-bond donors (Lipinski definition) is 2.